The standard InChI is InChI=1S/C7H9N.C7H16/c1-2-7-3-5-8-6-4-7;1-3-5-7-6-4-2/h3-6H,2H2,1H3;3-7H2,1-2H3. The number of hydrogen-bond donors (Lipinski definition) is 0. The number of aryl methyl sites for hydroxylation is 1. The third kappa shape index (κ3) is 9.45. The Balaban J connectivity index is 0.000000265. The topological polar surface area (TPSA) is 12.9 Å². The highest BCUT2D eigenvalue weighted by Gasteiger charge is 1.81. The SMILES string of the molecule is CCCCCCC.CCc1ccncc1. The third-order valence-corrected chi connectivity index (χ3v) is 2.36. The molecule has 0 aromatic carbocycles. The van der Waals surface area contributed by atoms with E-state index in [1.807, 2.05) is 24.5 Å². The largest absolute Gasteiger partial charge is 0.265 e. The maximum absolute atomic E-state index is 3.89. The van der Waals surface area contributed by atoms with Crippen molar-refractivity contribution in [1.82, 2.24) is 4.98 Å². The van der Waals surface area contributed by atoms with E-state index >= 15 is 0 Å². The van der Waals surface area contributed by atoms with Gasteiger partial charge in [0.05, 0.1) is 0 Å². The molecule has 1 aromatic rings. The molecule has 0 spiro atoms. The van der Waals surface area contributed by atoms with Crippen molar-refractivity contribution < 1.29 is 0 Å². The lowest BCUT2D eigenvalue weighted by atomic mass is 10.2. The first-order valence-corrected chi connectivity index (χ1v) is 6.24. The molecular formula is C14H25N. The van der Waals surface area contributed by atoms with Crippen LogP contribution in [-0.2, 0) is 6.42 Å². The summed E-state index contributed by atoms with van der Waals surface area (Å²) in [5, 5.41) is 0. The van der Waals surface area contributed by atoms with Crippen LogP contribution in [0.15, 0.2) is 24.5 Å². The lowest BCUT2D eigenvalue weighted by Crippen LogP contribution is -1.76. The predicted molar refractivity (Wildman–Crippen MR) is 68.0 cm³/mol. The Kier molecular flexibility index (Phi) is 10.6. The molecule has 0 unspecified atom stereocenters. The fraction of sp³-hybridized carbons (Fsp3) is 0.643. The second-order valence-corrected chi connectivity index (χ2v) is 3.77. The first-order valence-electron chi connectivity index (χ1n) is 6.24. The first kappa shape index (κ1) is 14.2. The maximum atomic E-state index is 3.89. The zero-order valence-corrected chi connectivity index (χ0v) is 10.5. The third-order valence-electron chi connectivity index (χ3n) is 2.36. The molecule has 0 aliphatic carbocycles. The van der Waals surface area contributed by atoms with Crippen molar-refractivity contribution >= 4 is 0 Å². The Morgan fingerprint density at radius 2 is 1.40 bits per heavy atom. The molecule has 1 aromatic heterocycles. The number of rotatable bonds is 5. The van der Waals surface area contributed by atoms with E-state index in [2.05, 4.69) is 25.8 Å². The van der Waals surface area contributed by atoms with E-state index in [4.69, 9.17) is 0 Å². The second-order valence-electron chi connectivity index (χ2n) is 3.77. The molecule has 0 radical (unpaired) electrons. The molecule has 0 atom stereocenters. The fourth-order valence-corrected chi connectivity index (χ4v) is 1.30. The van der Waals surface area contributed by atoms with E-state index in [0.717, 1.165) is 6.42 Å². The van der Waals surface area contributed by atoms with Gasteiger partial charge in [0, 0.05) is 12.4 Å². The summed E-state index contributed by atoms with van der Waals surface area (Å²) < 4.78 is 0. The molecule has 0 amide bonds. The van der Waals surface area contributed by atoms with Crippen LogP contribution in [0.3, 0.4) is 0 Å². The van der Waals surface area contributed by atoms with Crippen LogP contribution >= 0.6 is 0 Å². The van der Waals surface area contributed by atoms with Crippen LogP contribution in [-0.4, -0.2) is 4.98 Å². The quantitative estimate of drug-likeness (QED) is 0.642. The summed E-state index contributed by atoms with van der Waals surface area (Å²) in [6.45, 7) is 6.63. The highest BCUT2D eigenvalue weighted by Crippen LogP contribution is 2.00. The lowest BCUT2D eigenvalue weighted by molar-refractivity contribution is 0.656. The van der Waals surface area contributed by atoms with Gasteiger partial charge in [0.1, 0.15) is 0 Å². The molecule has 0 saturated carbocycles. The fourth-order valence-electron chi connectivity index (χ4n) is 1.30. The molecule has 15 heavy (non-hydrogen) atoms. The summed E-state index contributed by atoms with van der Waals surface area (Å²) in [6.07, 6.45) is 11.7. The molecule has 86 valence electrons. The molecule has 0 N–H and O–H groups in total. The number of unbranched alkanes of at least 4 members (excludes halogenated alkanes) is 4. The van der Waals surface area contributed by atoms with Gasteiger partial charge < -0.3 is 0 Å². The van der Waals surface area contributed by atoms with Crippen LogP contribution in [0.5, 0.6) is 0 Å². The van der Waals surface area contributed by atoms with E-state index in [0.29, 0.717) is 0 Å². The van der Waals surface area contributed by atoms with Crippen LogP contribution in [0, 0.1) is 0 Å². The van der Waals surface area contributed by atoms with Gasteiger partial charge in [0.2, 0.25) is 0 Å². The van der Waals surface area contributed by atoms with Crippen molar-refractivity contribution in [1.29, 1.82) is 0 Å². The maximum Gasteiger partial charge on any atom is 0.0270 e. The molecule has 1 rings (SSSR count). The average molecular weight is 207 g/mol. The first-order chi connectivity index (χ1) is 7.35. The molecular weight excluding hydrogens is 182 g/mol. The summed E-state index contributed by atoms with van der Waals surface area (Å²) >= 11 is 0. The summed E-state index contributed by atoms with van der Waals surface area (Å²) in [7, 11) is 0. The van der Waals surface area contributed by atoms with E-state index in [-0.39, 0.29) is 0 Å². The molecule has 1 heteroatoms. The Morgan fingerprint density at radius 1 is 0.867 bits per heavy atom. The van der Waals surface area contributed by atoms with Crippen LogP contribution in [0.4, 0.5) is 0 Å². The van der Waals surface area contributed by atoms with Gasteiger partial charge in [-0.25, -0.2) is 0 Å². The molecule has 1 heterocycles. The molecule has 0 aliphatic rings. The van der Waals surface area contributed by atoms with Crippen molar-refractivity contribution in [3.05, 3.63) is 30.1 Å². The highest BCUT2D eigenvalue weighted by atomic mass is 14.6. The van der Waals surface area contributed by atoms with E-state index in [1.165, 1.54) is 37.7 Å². The van der Waals surface area contributed by atoms with Gasteiger partial charge in [-0.15, -0.1) is 0 Å². The van der Waals surface area contributed by atoms with E-state index < -0.39 is 0 Å². The molecule has 0 fully saturated rings. The molecule has 0 bridgehead atoms. The molecule has 1 nitrogen and oxygen atoms in total. The Labute approximate surface area is 94.9 Å². The summed E-state index contributed by atoms with van der Waals surface area (Å²) in [5.74, 6) is 0. The van der Waals surface area contributed by atoms with Crippen molar-refractivity contribution in [3.8, 4) is 0 Å². The van der Waals surface area contributed by atoms with Crippen LogP contribution in [0.2, 0.25) is 0 Å². The van der Waals surface area contributed by atoms with Crippen molar-refractivity contribution in [2.75, 3.05) is 0 Å². The summed E-state index contributed by atoms with van der Waals surface area (Å²) in [6, 6.07) is 4.06. The van der Waals surface area contributed by atoms with Gasteiger partial charge in [-0.2, -0.15) is 0 Å². The Morgan fingerprint density at radius 3 is 1.73 bits per heavy atom. The van der Waals surface area contributed by atoms with Crippen LogP contribution in [0.25, 0.3) is 0 Å². The van der Waals surface area contributed by atoms with Gasteiger partial charge in [-0.3, -0.25) is 4.98 Å². The second kappa shape index (κ2) is 11.2. The van der Waals surface area contributed by atoms with E-state index in [1.54, 1.807) is 0 Å². The van der Waals surface area contributed by atoms with Crippen molar-refractivity contribution in [2.24, 2.45) is 0 Å². The predicted octanol–water partition coefficient (Wildman–Crippen LogP) is 4.62. The molecule has 0 saturated heterocycles. The van der Waals surface area contributed by atoms with Crippen molar-refractivity contribution in [3.63, 3.8) is 0 Å². The number of hydrogen-bond acceptors (Lipinski definition) is 1. The minimum absolute atomic E-state index is 1.10. The normalized spacial score (nSPS) is 9.27. The minimum Gasteiger partial charge on any atom is -0.265 e. The zero-order chi connectivity index (χ0) is 11.4. The highest BCUT2D eigenvalue weighted by molar-refractivity contribution is 5.08. The average Bonchev–Trinajstić information content (AvgIpc) is 2.32. The Bertz CT molecular complexity index is 202. The number of pyridine rings is 1. The zero-order valence-electron chi connectivity index (χ0n) is 10.5. The van der Waals surface area contributed by atoms with Crippen molar-refractivity contribution in [2.45, 2.75) is 59.3 Å². The number of nitrogens with zero attached hydrogens (tertiary/aromatic N) is 1. The van der Waals surface area contributed by atoms with Crippen LogP contribution in [0.1, 0.15) is 58.4 Å². The van der Waals surface area contributed by atoms with E-state index in [9.17, 15) is 0 Å². The van der Waals surface area contributed by atoms with Gasteiger partial charge in [0.15, 0.2) is 0 Å². The van der Waals surface area contributed by atoms with Gasteiger partial charge in [-0.1, -0.05) is 52.9 Å². The summed E-state index contributed by atoms with van der Waals surface area (Å²) in [5.41, 5.74) is 1.35. The molecule has 0 aliphatic heterocycles. The van der Waals surface area contributed by atoms with Gasteiger partial charge in [0.25, 0.3) is 0 Å². The monoisotopic (exact) mass is 207 g/mol. The van der Waals surface area contributed by atoms with Gasteiger partial charge >= 0.3 is 0 Å². The smallest absolute Gasteiger partial charge is 0.0270 e. The number of aromatic nitrogens is 1. The minimum atomic E-state index is 1.10. The van der Waals surface area contributed by atoms with Gasteiger partial charge in [-0.05, 0) is 24.1 Å². The summed E-state index contributed by atoms with van der Waals surface area (Å²) in [4.78, 5) is 3.89. The Hall–Kier alpha value is -0.850. The van der Waals surface area contributed by atoms with Crippen LogP contribution < -0.4 is 0 Å². The lowest BCUT2D eigenvalue weighted by Gasteiger charge is -1.90.